The van der Waals surface area contributed by atoms with Crippen LogP contribution in [0.1, 0.15) is 25.3 Å². The molecular formula is C15H18F3NO4. The quantitative estimate of drug-likeness (QED) is 0.804. The molecule has 0 aliphatic rings. The van der Waals surface area contributed by atoms with E-state index in [1.807, 2.05) is 5.32 Å². The van der Waals surface area contributed by atoms with Crippen LogP contribution in [0.3, 0.4) is 0 Å². The van der Waals surface area contributed by atoms with Gasteiger partial charge < -0.3 is 15.2 Å². The molecule has 1 aromatic carbocycles. The molecule has 0 fully saturated rings. The van der Waals surface area contributed by atoms with Gasteiger partial charge in [0, 0.05) is 0 Å². The maximum absolute atomic E-state index is 12.4. The van der Waals surface area contributed by atoms with Gasteiger partial charge in [0.2, 0.25) is 0 Å². The number of ether oxygens (including phenoxy) is 1. The number of alkyl halides is 3. The van der Waals surface area contributed by atoms with Crippen LogP contribution in [0.25, 0.3) is 0 Å². The highest BCUT2D eigenvalue weighted by Crippen LogP contribution is 2.22. The van der Waals surface area contributed by atoms with Crippen molar-refractivity contribution >= 4 is 11.9 Å². The number of rotatable bonds is 7. The van der Waals surface area contributed by atoms with Crippen molar-refractivity contribution in [2.45, 2.75) is 45.0 Å². The molecule has 1 rings (SSSR count). The summed E-state index contributed by atoms with van der Waals surface area (Å²) in [7, 11) is 0. The number of carbonyl (C=O) groups excluding carboxylic acids is 1. The zero-order chi connectivity index (χ0) is 17.6. The molecule has 128 valence electrons. The number of hydrogen-bond donors (Lipinski definition) is 2. The van der Waals surface area contributed by atoms with Crippen molar-refractivity contribution in [3.05, 3.63) is 29.8 Å². The summed E-state index contributed by atoms with van der Waals surface area (Å²) < 4.78 is 42.5. The Morgan fingerprint density at radius 3 is 2.39 bits per heavy atom. The van der Waals surface area contributed by atoms with Gasteiger partial charge in [-0.25, -0.2) is 4.79 Å². The molecule has 0 spiro atoms. The molecule has 1 aromatic rings. The average molecular weight is 333 g/mol. The summed E-state index contributed by atoms with van der Waals surface area (Å²) in [5, 5.41) is 10.7. The number of amides is 1. The normalized spacial score (nSPS) is 14.0. The first-order valence-electron chi connectivity index (χ1n) is 6.96. The number of carboxylic acid groups (broad SMARTS) is 1. The first-order valence-corrected chi connectivity index (χ1v) is 6.96. The molecule has 2 N–H and O–H groups in total. The Morgan fingerprint density at radius 2 is 1.91 bits per heavy atom. The van der Waals surface area contributed by atoms with Crippen molar-refractivity contribution in [3.8, 4) is 5.75 Å². The topological polar surface area (TPSA) is 75.6 Å². The van der Waals surface area contributed by atoms with Gasteiger partial charge in [0.1, 0.15) is 11.8 Å². The van der Waals surface area contributed by atoms with E-state index in [9.17, 15) is 22.8 Å². The van der Waals surface area contributed by atoms with E-state index in [0.29, 0.717) is 5.75 Å². The highest BCUT2D eigenvalue weighted by Gasteiger charge is 2.37. The van der Waals surface area contributed by atoms with E-state index in [1.165, 1.54) is 0 Å². The van der Waals surface area contributed by atoms with Crippen molar-refractivity contribution in [2.75, 3.05) is 0 Å². The number of benzene rings is 1. The Hall–Kier alpha value is -2.25. The molecule has 0 heterocycles. The summed E-state index contributed by atoms with van der Waals surface area (Å²) in [5.41, 5.74) is 0.754. The van der Waals surface area contributed by atoms with Gasteiger partial charge in [-0.1, -0.05) is 25.1 Å². The Bertz CT molecular complexity index is 560. The van der Waals surface area contributed by atoms with Crippen LogP contribution in [-0.4, -0.2) is 35.3 Å². The lowest BCUT2D eigenvalue weighted by molar-refractivity contribution is -0.160. The van der Waals surface area contributed by atoms with Crippen LogP contribution in [0.4, 0.5) is 13.2 Å². The number of aryl methyl sites for hydroxylation is 1. The van der Waals surface area contributed by atoms with Crippen LogP contribution >= 0.6 is 0 Å². The van der Waals surface area contributed by atoms with Gasteiger partial charge in [-0.2, -0.15) is 13.2 Å². The second-order valence-electron chi connectivity index (χ2n) is 5.00. The fourth-order valence-corrected chi connectivity index (χ4v) is 1.86. The molecular weight excluding hydrogens is 315 g/mol. The number of nitrogens with one attached hydrogen (secondary N) is 1. The van der Waals surface area contributed by atoms with Gasteiger partial charge in [-0.15, -0.1) is 0 Å². The Morgan fingerprint density at radius 1 is 1.30 bits per heavy atom. The third-order valence-corrected chi connectivity index (χ3v) is 3.08. The molecule has 5 nitrogen and oxygen atoms in total. The van der Waals surface area contributed by atoms with Crippen LogP contribution in [0.2, 0.25) is 0 Å². The lowest BCUT2D eigenvalue weighted by atomic mass is 10.1. The van der Waals surface area contributed by atoms with Crippen molar-refractivity contribution < 1.29 is 32.6 Å². The molecule has 0 saturated heterocycles. The second-order valence-corrected chi connectivity index (χ2v) is 5.00. The first-order chi connectivity index (χ1) is 10.6. The molecule has 2 atom stereocenters. The highest BCUT2D eigenvalue weighted by molar-refractivity contribution is 5.86. The minimum absolute atomic E-state index is 0.179. The predicted octanol–water partition coefficient (Wildman–Crippen LogP) is 2.67. The van der Waals surface area contributed by atoms with Gasteiger partial charge in [-0.3, -0.25) is 4.79 Å². The molecule has 1 amide bonds. The molecule has 0 aliphatic carbocycles. The molecule has 0 aliphatic heterocycles. The third kappa shape index (κ3) is 6.17. The van der Waals surface area contributed by atoms with Crippen LogP contribution in [0.5, 0.6) is 5.75 Å². The van der Waals surface area contributed by atoms with Crippen LogP contribution < -0.4 is 10.1 Å². The SMILES string of the molecule is CCC(Oc1ccccc1C)C(=O)NC(CC(F)(F)F)C(=O)O. The maximum Gasteiger partial charge on any atom is 0.391 e. The Balaban J connectivity index is 2.79. The molecule has 0 bridgehead atoms. The monoisotopic (exact) mass is 333 g/mol. The maximum atomic E-state index is 12.4. The van der Waals surface area contributed by atoms with Gasteiger partial charge >= 0.3 is 12.1 Å². The molecule has 0 aromatic heterocycles. The molecule has 0 saturated carbocycles. The summed E-state index contributed by atoms with van der Waals surface area (Å²) >= 11 is 0. The zero-order valence-electron chi connectivity index (χ0n) is 12.7. The van der Waals surface area contributed by atoms with E-state index in [2.05, 4.69) is 0 Å². The number of carbonyl (C=O) groups is 2. The number of para-hydroxylation sites is 1. The van der Waals surface area contributed by atoms with Gasteiger partial charge in [-0.05, 0) is 25.0 Å². The number of carboxylic acids is 1. The summed E-state index contributed by atoms with van der Waals surface area (Å²) in [6.45, 7) is 3.37. The second kappa shape index (κ2) is 7.85. The van der Waals surface area contributed by atoms with Crippen LogP contribution in [0, 0.1) is 6.92 Å². The number of halogens is 3. The van der Waals surface area contributed by atoms with Gasteiger partial charge in [0.05, 0.1) is 6.42 Å². The average Bonchev–Trinajstić information content (AvgIpc) is 2.44. The van der Waals surface area contributed by atoms with Crippen LogP contribution in [0.15, 0.2) is 24.3 Å². The van der Waals surface area contributed by atoms with Gasteiger partial charge in [0.25, 0.3) is 5.91 Å². The highest BCUT2D eigenvalue weighted by atomic mass is 19.4. The fraction of sp³-hybridized carbons (Fsp3) is 0.467. The van der Waals surface area contributed by atoms with E-state index in [-0.39, 0.29) is 6.42 Å². The number of hydrogen-bond acceptors (Lipinski definition) is 3. The van der Waals surface area contributed by atoms with Crippen molar-refractivity contribution in [2.24, 2.45) is 0 Å². The molecule has 8 heteroatoms. The summed E-state index contributed by atoms with van der Waals surface area (Å²) in [6, 6.07) is 4.79. The summed E-state index contributed by atoms with van der Waals surface area (Å²) in [6.07, 6.45) is -7.24. The van der Waals surface area contributed by atoms with E-state index in [1.54, 1.807) is 38.1 Å². The number of aliphatic carboxylic acids is 1. The van der Waals surface area contributed by atoms with E-state index in [0.717, 1.165) is 5.56 Å². The minimum atomic E-state index is -4.70. The van der Waals surface area contributed by atoms with E-state index < -0.39 is 36.6 Å². The van der Waals surface area contributed by atoms with Crippen molar-refractivity contribution in [1.82, 2.24) is 5.32 Å². The van der Waals surface area contributed by atoms with E-state index >= 15 is 0 Å². The fourth-order valence-electron chi connectivity index (χ4n) is 1.86. The zero-order valence-corrected chi connectivity index (χ0v) is 12.7. The first kappa shape index (κ1) is 18.8. The van der Waals surface area contributed by atoms with Crippen molar-refractivity contribution in [3.63, 3.8) is 0 Å². The predicted molar refractivity (Wildman–Crippen MR) is 76.1 cm³/mol. The Labute approximate surface area is 131 Å². The van der Waals surface area contributed by atoms with Crippen LogP contribution in [-0.2, 0) is 9.59 Å². The third-order valence-electron chi connectivity index (χ3n) is 3.08. The molecule has 2 unspecified atom stereocenters. The van der Waals surface area contributed by atoms with E-state index in [4.69, 9.17) is 9.84 Å². The molecule has 0 radical (unpaired) electrons. The summed E-state index contributed by atoms with van der Waals surface area (Å²) in [4.78, 5) is 22.9. The van der Waals surface area contributed by atoms with Gasteiger partial charge in [0.15, 0.2) is 6.10 Å². The largest absolute Gasteiger partial charge is 0.480 e. The minimum Gasteiger partial charge on any atom is -0.480 e. The lowest BCUT2D eigenvalue weighted by Gasteiger charge is -2.22. The summed E-state index contributed by atoms with van der Waals surface area (Å²) in [5.74, 6) is -2.23. The smallest absolute Gasteiger partial charge is 0.391 e. The van der Waals surface area contributed by atoms with Crippen molar-refractivity contribution in [1.29, 1.82) is 0 Å². The standard InChI is InChI=1S/C15H18F3NO4/c1-3-11(23-12-7-5-4-6-9(12)2)13(20)19-10(14(21)22)8-15(16,17)18/h4-7,10-11H,3,8H2,1-2H3,(H,19,20)(H,21,22). The Kier molecular flexibility index (Phi) is 6.41. The molecule has 23 heavy (non-hydrogen) atoms. The lowest BCUT2D eigenvalue weighted by Crippen LogP contribution is -2.48.